The summed E-state index contributed by atoms with van der Waals surface area (Å²) >= 11 is 3.31. The Labute approximate surface area is 391 Å². The van der Waals surface area contributed by atoms with E-state index >= 15 is 0 Å². The smallest absolute Gasteiger partial charge is 0.478 e. The second-order valence-corrected chi connectivity index (χ2v) is 18.1. The molecule has 1 aliphatic carbocycles. The predicted octanol–water partition coefficient (Wildman–Crippen LogP) is 2.49. The number of fused-ring (bicyclic) bond motifs is 4. The summed E-state index contributed by atoms with van der Waals surface area (Å²) in [6.07, 6.45) is -5.17. The van der Waals surface area contributed by atoms with Gasteiger partial charge in [0.15, 0.2) is 34.3 Å². The fraction of sp³-hybridized carbons (Fsp3) is 0.357. The molecule has 25 heteroatoms. The van der Waals surface area contributed by atoms with Crippen molar-refractivity contribution in [3.05, 3.63) is 86.2 Å². The van der Waals surface area contributed by atoms with Crippen molar-refractivity contribution < 1.29 is 56.8 Å². The van der Waals surface area contributed by atoms with Crippen LogP contribution in [-0.4, -0.2) is 148 Å². The molecule has 5 heterocycles. The number of hydrogen-bond donors (Lipinski definition) is 6. The molecule has 2 unspecified atom stereocenters. The van der Waals surface area contributed by atoms with Crippen LogP contribution in [0.5, 0.6) is 0 Å². The minimum absolute atomic E-state index is 0.0299. The summed E-state index contributed by atoms with van der Waals surface area (Å²) in [5.41, 5.74) is 8.58. The molecule has 4 aliphatic rings. The molecule has 7 N–H and O–H groups in total. The van der Waals surface area contributed by atoms with Gasteiger partial charge in [0.2, 0.25) is 11.3 Å². The molecule has 0 bridgehead atoms. The zero-order valence-electron chi connectivity index (χ0n) is 36.6. The second kappa shape index (κ2) is 19.7. The first-order valence-electron chi connectivity index (χ1n) is 20.8. The number of aromatic nitrogens is 4. The van der Waals surface area contributed by atoms with Crippen molar-refractivity contribution in [2.45, 2.75) is 24.5 Å². The molecule has 2 amide bonds. The van der Waals surface area contributed by atoms with E-state index in [2.05, 4.69) is 41.5 Å². The van der Waals surface area contributed by atoms with Crippen molar-refractivity contribution in [2.24, 2.45) is 0 Å². The number of rotatable bonds is 15. The Balaban J connectivity index is 0.823. The number of anilines is 2. The SMILES string of the molecule is [B][P+]1(O)OC[C@H]2O[C@@H](n3c(Br)nc4c(=O)[nH]c(N)nc43)C(OC(=O)NCCOCCOCCNC(=O)c3ccc(-c4c5ccc(=[N+](C)C)cc-5oc5cc(N(C)C)ccc45)c(C(=O)O)c3)[C@@H]2O1. The lowest BCUT2D eigenvalue weighted by molar-refractivity contribution is -0.0613. The number of aromatic carboxylic acids is 1. The first kappa shape index (κ1) is 47.5. The maximum absolute atomic E-state index is 13.2. The van der Waals surface area contributed by atoms with E-state index in [1.54, 1.807) is 12.1 Å². The van der Waals surface area contributed by atoms with Crippen LogP contribution in [0.2, 0.25) is 0 Å². The highest BCUT2D eigenvalue weighted by atomic mass is 79.9. The summed E-state index contributed by atoms with van der Waals surface area (Å²) in [7, 11) is 9.71. The molecule has 2 aromatic heterocycles. The van der Waals surface area contributed by atoms with Gasteiger partial charge in [0, 0.05) is 67.1 Å². The number of nitrogens with one attached hydrogen (secondary N) is 3. The van der Waals surface area contributed by atoms with Crippen LogP contribution in [0, 0.1) is 0 Å². The van der Waals surface area contributed by atoms with E-state index in [9.17, 15) is 29.2 Å². The van der Waals surface area contributed by atoms with E-state index in [1.165, 1.54) is 10.6 Å². The van der Waals surface area contributed by atoms with Crippen LogP contribution in [0.15, 0.2) is 68.5 Å². The lowest BCUT2D eigenvalue weighted by Gasteiger charge is -2.29. The third-order valence-electron chi connectivity index (χ3n) is 10.9. The Morgan fingerprint density at radius 2 is 1.76 bits per heavy atom. The van der Waals surface area contributed by atoms with Gasteiger partial charge in [-0.1, -0.05) is 6.07 Å². The summed E-state index contributed by atoms with van der Waals surface area (Å²) in [5, 5.41) is 17.4. The zero-order valence-corrected chi connectivity index (χ0v) is 39.0. The van der Waals surface area contributed by atoms with Crippen LogP contribution in [0.1, 0.15) is 26.9 Å². The number of H-pyrrole nitrogens is 1. The average molecular weight is 1010 g/mol. The lowest BCUT2D eigenvalue weighted by atomic mass is 9.89. The molecule has 2 radical (unpaired) electrons. The number of alkyl carbamates (subject to hydrolysis) is 1. The van der Waals surface area contributed by atoms with Crippen molar-refractivity contribution in [3.63, 3.8) is 0 Å². The quantitative estimate of drug-likeness (QED) is 0.0215. The molecule has 8 rings (SSSR count). The third-order valence-corrected chi connectivity index (χ3v) is 12.6. The number of nitrogens with zero attached hydrogens (tertiary/aromatic N) is 5. The van der Waals surface area contributed by atoms with Gasteiger partial charge in [-0.05, 0) is 51.8 Å². The average Bonchev–Trinajstić information content (AvgIpc) is 3.79. The maximum atomic E-state index is 13.2. The van der Waals surface area contributed by atoms with E-state index in [0.717, 1.165) is 22.0 Å². The number of carbonyl (C=O) groups is 3. The molecule has 2 aromatic carbocycles. The summed E-state index contributed by atoms with van der Waals surface area (Å²) in [6, 6.07) is 16.1. The second-order valence-electron chi connectivity index (χ2n) is 15.8. The lowest BCUT2D eigenvalue weighted by Crippen LogP contribution is -2.44. The number of carboxylic acids is 1. The van der Waals surface area contributed by atoms with Crippen molar-refractivity contribution >= 4 is 83.1 Å². The van der Waals surface area contributed by atoms with Crippen LogP contribution >= 0.6 is 23.8 Å². The highest BCUT2D eigenvalue weighted by Crippen LogP contribution is 2.59. The van der Waals surface area contributed by atoms with E-state index in [1.807, 2.05) is 74.1 Å². The maximum Gasteiger partial charge on any atom is 0.488 e. The molecular formula is C42H46BBrN9O13P+2. The molecule has 22 nitrogen and oxygen atoms in total. The van der Waals surface area contributed by atoms with Gasteiger partial charge in [0.05, 0.1) is 38.1 Å². The molecule has 2 saturated heterocycles. The minimum atomic E-state index is -3.76. The number of hydrogen-bond acceptors (Lipinski definition) is 16. The van der Waals surface area contributed by atoms with E-state index in [-0.39, 0.29) is 79.1 Å². The molecule has 0 spiro atoms. The number of amides is 2. The Morgan fingerprint density at radius 3 is 2.48 bits per heavy atom. The van der Waals surface area contributed by atoms with Gasteiger partial charge in [-0.3, -0.25) is 19.1 Å². The van der Waals surface area contributed by atoms with Gasteiger partial charge < -0.3 is 49.7 Å². The van der Waals surface area contributed by atoms with Crippen LogP contribution in [0.3, 0.4) is 0 Å². The van der Waals surface area contributed by atoms with E-state index < -0.39 is 55.9 Å². The number of carbonyl (C=O) groups excluding carboxylic acids is 2. The number of ether oxygens (including phenoxy) is 4. The molecule has 350 valence electrons. The highest BCUT2D eigenvalue weighted by molar-refractivity contribution is 9.10. The van der Waals surface area contributed by atoms with Crippen LogP contribution < -0.4 is 36.8 Å². The zero-order chi connectivity index (χ0) is 47.7. The number of halogens is 1. The van der Waals surface area contributed by atoms with Crippen molar-refractivity contribution in [3.8, 4) is 22.5 Å². The first-order valence-corrected chi connectivity index (χ1v) is 23.2. The number of aromatic amines is 1. The summed E-state index contributed by atoms with van der Waals surface area (Å²) in [5.74, 6) is -1.28. The fourth-order valence-electron chi connectivity index (χ4n) is 7.73. The Bertz CT molecular complexity index is 2980. The first-order chi connectivity index (χ1) is 32.0. The van der Waals surface area contributed by atoms with Crippen LogP contribution in [0.4, 0.5) is 16.4 Å². The van der Waals surface area contributed by atoms with Crippen molar-refractivity contribution in [2.75, 3.05) is 84.9 Å². The molecule has 67 heavy (non-hydrogen) atoms. The Kier molecular flexibility index (Phi) is 14.0. The minimum Gasteiger partial charge on any atom is -0.478 e. The molecule has 0 saturated carbocycles. The number of nitrogen functional groups attached to an aromatic ring is 1. The molecule has 3 aliphatic heterocycles. The molecule has 2 fully saturated rings. The van der Waals surface area contributed by atoms with Gasteiger partial charge >= 0.3 is 27.5 Å². The highest BCUT2D eigenvalue weighted by Gasteiger charge is 2.59. The molecular weight excluding hydrogens is 960 g/mol. The standard InChI is InChI=1S/C42H45BBrN9O13P/c1-51(2)22-6-9-25-28(18-22)63-29-19-23(52(3)4)7-10-26(29)31(25)24-8-5-21(17-27(24)39(56)57)36(54)46-11-13-60-15-16-61-14-12-47-42(58)65-34-33-30(20-62-67(43,59)66-33)64-38(34)53-35-32(48-40(53)44)37(55)50-41(45)49-35/h5-10,17-19,30,33-34,38,59H,11-16,20H2,1-4H3,(H5-,45,46,47,49,50,54,55,56,57,58)/q+1/p+1/t30-,33-,34?,38-,67?/m1/s1. The third kappa shape index (κ3) is 10.2. The van der Waals surface area contributed by atoms with E-state index in [4.69, 9.17) is 45.7 Å². The summed E-state index contributed by atoms with van der Waals surface area (Å²) < 4.78 is 43.6. The van der Waals surface area contributed by atoms with Crippen LogP contribution in [0.25, 0.3) is 44.6 Å². The normalized spacial score (nSPS) is 20.2. The monoisotopic (exact) mass is 1010 g/mol. The number of nitrogens with two attached hydrogens (primary N) is 1. The number of carboxylic acid groups (broad SMARTS) is 1. The van der Waals surface area contributed by atoms with Gasteiger partial charge in [0.1, 0.15) is 38.1 Å². The molecule has 4 aromatic rings. The fourth-order valence-corrected chi connectivity index (χ4v) is 9.31. The predicted molar refractivity (Wildman–Crippen MR) is 249 cm³/mol. The largest absolute Gasteiger partial charge is 0.488 e. The van der Waals surface area contributed by atoms with Gasteiger partial charge in [-0.25, -0.2) is 24.0 Å². The summed E-state index contributed by atoms with van der Waals surface area (Å²) in [4.78, 5) is 74.6. The van der Waals surface area contributed by atoms with Crippen molar-refractivity contribution in [1.82, 2.24) is 34.7 Å². The molecule has 5 atom stereocenters. The number of imidazole rings is 1. The summed E-state index contributed by atoms with van der Waals surface area (Å²) in [6.45, 7) is 0.524. The van der Waals surface area contributed by atoms with Gasteiger partial charge in [-0.15, -0.1) is 0 Å². The Morgan fingerprint density at radius 1 is 1.03 bits per heavy atom. The van der Waals surface area contributed by atoms with Gasteiger partial charge in [-0.2, -0.15) is 14.0 Å². The Hall–Kier alpha value is -5.98. The number of benzene rings is 3. The van der Waals surface area contributed by atoms with Gasteiger partial charge in [0.25, 0.3) is 11.5 Å². The topological polar surface area (TPSA) is 280 Å². The van der Waals surface area contributed by atoms with Crippen LogP contribution in [-0.2, 0) is 28.0 Å². The van der Waals surface area contributed by atoms with E-state index in [0.29, 0.717) is 22.5 Å². The van der Waals surface area contributed by atoms with Crippen molar-refractivity contribution in [1.29, 1.82) is 0 Å².